The average Bonchev–Trinajstić information content (AvgIpc) is 3.21. The van der Waals surface area contributed by atoms with Crippen molar-refractivity contribution in [3.05, 3.63) is 74.5 Å². The van der Waals surface area contributed by atoms with Gasteiger partial charge in [0, 0.05) is 42.8 Å². The van der Waals surface area contributed by atoms with Crippen LogP contribution in [0.3, 0.4) is 0 Å². The van der Waals surface area contributed by atoms with E-state index in [0.717, 1.165) is 48.8 Å². The van der Waals surface area contributed by atoms with Crippen LogP contribution in [0.2, 0.25) is 5.02 Å². The number of benzene rings is 2. The number of nitrogens with one attached hydrogen (secondary N) is 1. The molecule has 3 heterocycles. The number of nitrogens with zero attached hydrogens (tertiary/aromatic N) is 4. The van der Waals surface area contributed by atoms with Gasteiger partial charge in [-0.1, -0.05) is 28.8 Å². The van der Waals surface area contributed by atoms with Gasteiger partial charge in [-0.15, -0.1) is 0 Å². The zero-order valence-electron chi connectivity index (χ0n) is 21.8. The summed E-state index contributed by atoms with van der Waals surface area (Å²) in [6, 6.07) is 7.02. The van der Waals surface area contributed by atoms with Crippen molar-refractivity contribution in [2.24, 2.45) is 5.92 Å². The number of piperazine rings is 1. The van der Waals surface area contributed by atoms with E-state index in [-0.39, 0.29) is 18.7 Å². The molecule has 0 radical (unpaired) electrons. The Morgan fingerprint density at radius 1 is 1.10 bits per heavy atom. The van der Waals surface area contributed by atoms with Gasteiger partial charge in [-0.3, -0.25) is 24.6 Å². The molecule has 14 heteroatoms. The van der Waals surface area contributed by atoms with Gasteiger partial charge in [-0.05, 0) is 61.4 Å². The van der Waals surface area contributed by atoms with Gasteiger partial charge in [0.2, 0.25) is 5.82 Å². The van der Waals surface area contributed by atoms with E-state index in [9.17, 15) is 33.7 Å². The first-order chi connectivity index (χ1) is 19.6. The van der Waals surface area contributed by atoms with E-state index in [0.29, 0.717) is 29.1 Å². The lowest BCUT2D eigenvalue weighted by atomic mass is 9.91. The lowest BCUT2D eigenvalue weighted by Gasteiger charge is -2.34. The van der Waals surface area contributed by atoms with Crippen molar-refractivity contribution in [3.8, 4) is 0 Å². The zero-order chi connectivity index (χ0) is 29.3. The lowest BCUT2D eigenvalue weighted by molar-refractivity contribution is -0.387. The molecular weight excluding hydrogens is 561 g/mol. The van der Waals surface area contributed by atoms with Gasteiger partial charge in [-0.2, -0.15) is 4.39 Å². The van der Waals surface area contributed by atoms with Crippen LogP contribution in [0.25, 0.3) is 0 Å². The molecule has 41 heavy (non-hydrogen) atoms. The number of amides is 4. The average molecular weight is 588 g/mol. The van der Waals surface area contributed by atoms with Crippen molar-refractivity contribution in [1.82, 2.24) is 20.2 Å². The molecule has 2 aromatic carbocycles. The third-order valence-corrected chi connectivity index (χ3v) is 8.01. The zero-order valence-corrected chi connectivity index (χ0v) is 22.6. The van der Waals surface area contributed by atoms with Crippen molar-refractivity contribution in [3.63, 3.8) is 0 Å². The standard InChI is InChI=1S/C27H27ClFN5O7/c28-19-6-3-16(4-7-19)1-2-17-9-11-31(12-10-17)27(38)41-33-25(36)23-15-30-14-22(32(23)26(33)37)24(35)18-5-8-20(29)21(13-18)34(39)40/h3-8,13,17,22-23,30H,1-2,9-12,14-15H2. The number of likely N-dealkylation sites (tertiary alicyclic amines) is 1. The molecule has 12 nitrogen and oxygen atoms in total. The Labute approximate surface area is 239 Å². The summed E-state index contributed by atoms with van der Waals surface area (Å²) in [5.74, 6) is -2.24. The smallest absolute Gasteiger partial charge is 0.312 e. The Morgan fingerprint density at radius 3 is 2.49 bits per heavy atom. The summed E-state index contributed by atoms with van der Waals surface area (Å²) < 4.78 is 13.8. The van der Waals surface area contributed by atoms with Crippen LogP contribution in [0, 0.1) is 21.8 Å². The van der Waals surface area contributed by atoms with E-state index in [4.69, 9.17) is 16.4 Å². The van der Waals surface area contributed by atoms with E-state index in [2.05, 4.69) is 5.32 Å². The molecule has 5 rings (SSSR count). The summed E-state index contributed by atoms with van der Waals surface area (Å²) >= 11 is 5.94. The highest BCUT2D eigenvalue weighted by atomic mass is 35.5. The number of urea groups is 1. The van der Waals surface area contributed by atoms with Gasteiger partial charge in [0.05, 0.1) is 4.92 Å². The fourth-order valence-electron chi connectivity index (χ4n) is 5.44. The number of piperidine rings is 1. The van der Waals surface area contributed by atoms with Crippen molar-refractivity contribution in [1.29, 1.82) is 0 Å². The molecule has 3 aliphatic rings. The fraction of sp³-hybridized carbons (Fsp3) is 0.407. The van der Waals surface area contributed by atoms with Crippen LogP contribution in [0.4, 0.5) is 19.7 Å². The summed E-state index contributed by atoms with van der Waals surface area (Å²) in [6.07, 6.45) is 2.48. The number of halogens is 2. The number of hydroxylamine groups is 2. The van der Waals surface area contributed by atoms with Gasteiger partial charge < -0.3 is 15.1 Å². The van der Waals surface area contributed by atoms with Crippen LogP contribution < -0.4 is 5.32 Å². The number of fused-ring (bicyclic) bond motifs is 1. The Balaban J connectivity index is 1.19. The van der Waals surface area contributed by atoms with Crippen molar-refractivity contribution in [2.45, 2.75) is 37.8 Å². The van der Waals surface area contributed by atoms with Crippen LogP contribution in [-0.2, 0) is 16.1 Å². The molecule has 2 aromatic rings. The van der Waals surface area contributed by atoms with E-state index in [1.54, 1.807) is 0 Å². The van der Waals surface area contributed by atoms with Crippen LogP contribution in [-0.4, -0.2) is 81.9 Å². The number of Topliss-reactive ketones (excluding diaryl/α,β-unsaturated/α-hetero) is 1. The minimum atomic E-state index is -1.23. The van der Waals surface area contributed by atoms with Crippen molar-refractivity contribution in [2.75, 3.05) is 26.2 Å². The Morgan fingerprint density at radius 2 is 1.80 bits per heavy atom. The fourth-order valence-corrected chi connectivity index (χ4v) is 5.57. The van der Waals surface area contributed by atoms with Gasteiger partial charge >= 0.3 is 17.8 Å². The number of hydrogen-bond acceptors (Lipinski definition) is 8. The summed E-state index contributed by atoms with van der Waals surface area (Å²) in [4.78, 5) is 70.2. The quantitative estimate of drug-likeness (QED) is 0.224. The van der Waals surface area contributed by atoms with E-state index >= 15 is 0 Å². The molecule has 0 aliphatic carbocycles. The molecule has 0 bridgehead atoms. The Bertz CT molecular complexity index is 1380. The molecule has 3 aliphatic heterocycles. The highest BCUT2D eigenvalue weighted by Gasteiger charge is 2.54. The summed E-state index contributed by atoms with van der Waals surface area (Å²) in [5, 5.41) is 15.1. The normalized spacial score (nSPS) is 21.2. The van der Waals surface area contributed by atoms with Crippen molar-refractivity contribution < 1.29 is 33.3 Å². The number of nitro groups is 1. The first-order valence-corrected chi connectivity index (χ1v) is 13.6. The molecule has 3 saturated heterocycles. The number of carbonyl (C=O) groups excluding carboxylic acids is 4. The van der Waals surface area contributed by atoms with E-state index in [1.165, 1.54) is 10.5 Å². The van der Waals surface area contributed by atoms with Crippen molar-refractivity contribution >= 4 is 41.1 Å². The number of carbonyl (C=O) groups is 4. The van der Waals surface area contributed by atoms with Crippen LogP contribution in [0.5, 0.6) is 0 Å². The monoisotopic (exact) mass is 587 g/mol. The number of nitro benzene ring substituents is 1. The first kappa shape index (κ1) is 28.4. The number of ketones is 1. The maximum Gasteiger partial charge on any atom is 0.434 e. The van der Waals surface area contributed by atoms with Crippen LogP contribution >= 0.6 is 11.6 Å². The molecule has 0 aromatic heterocycles. The maximum absolute atomic E-state index is 13.8. The Kier molecular flexibility index (Phi) is 8.18. The molecule has 0 saturated carbocycles. The number of aryl methyl sites for hydroxylation is 1. The molecule has 3 fully saturated rings. The molecule has 4 amide bonds. The second-order valence-electron chi connectivity index (χ2n) is 10.3. The number of hydrogen-bond donors (Lipinski definition) is 1. The lowest BCUT2D eigenvalue weighted by Crippen LogP contribution is -2.60. The summed E-state index contributed by atoms with van der Waals surface area (Å²) in [5.41, 5.74) is 0.104. The number of imide groups is 1. The van der Waals surface area contributed by atoms with Gasteiger partial charge in [0.1, 0.15) is 12.1 Å². The minimum Gasteiger partial charge on any atom is -0.312 e. The largest absolute Gasteiger partial charge is 0.434 e. The van der Waals surface area contributed by atoms with E-state index in [1.807, 2.05) is 24.3 Å². The minimum absolute atomic E-state index is 0.0188. The van der Waals surface area contributed by atoms with Crippen LogP contribution in [0.1, 0.15) is 35.2 Å². The molecule has 0 spiro atoms. The van der Waals surface area contributed by atoms with Crippen LogP contribution in [0.15, 0.2) is 42.5 Å². The van der Waals surface area contributed by atoms with Gasteiger partial charge in [-0.25, -0.2) is 9.59 Å². The maximum atomic E-state index is 13.8. The summed E-state index contributed by atoms with van der Waals surface area (Å²) in [6.45, 7) is 0.773. The van der Waals surface area contributed by atoms with E-state index < -0.39 is 52.3 Å². The number of rotatable bonds is 7. The first-order valence-electron chi connectivity index (χ1n) is 13.2. The highest BCUT2D eigenvalue weighted by molar-refractivity contribution is 6.30. The molecule has 2 atom stereocenters. The summed E-state index contributed by atoms with van der Waals surface area (Å²) in [7, 11) is 0. The van der Waals surface area contributed by atoms with Gasteiger partial charge in [0.25, 0.3) is 5.91 Å². The molecule has 1 N–H and O–H groups in total. The third-order valence-electron chi connectivity index (χ3n) is 7.75. The predicted molar refractivity (Wildman–Crippen MR) is 142 cm³/mol. The second-order valence-corrected chi connectivity index (χ2v) is 10.7. The predicted octanol–water partition coefficient (Wildman–Crippen LogP) is 3.57. The molecule has 2 unspecified atom stereocenters. The molecule has 216 valence electrons. The Hall–Kier alpha value is -4.10. The van der Waals surface area contributed by atoms with Gasteiger partial charge in [0.15, 0.2) is 5.78 Å². The highest BCUT2D eigenvalue weighted by Crippen LogP contribution is 2.28. The molecular formula is C27H27ClFN5O7. The topological polar surface area (TPSA) is 142 Å². The second kappa shape index (κ2) is 11.8. The SMILES string of the molecule is O=C(c1ccc(F)c([N+](=O)[O-])c1)C1CNCC2C(=O)N(OC(=O)N3CCC(CCc4ccc(Cl)cc4)CC3)C(=O)N12. The third kappa shape index (κ3) is 5.86.